The van der Waals surface area contributed by atoms with Crippen LogP contribution in [0, 0.1) is 0 Å². The van der Waals surface area contributed by atoms with Crippen LogP contribution in [0.3, 0.4) is 0 Å². The van der Waals surface area contributed by atoms with Gasteiger partial charge in [-0.1, -0.05) is 66.7 Å². The number of carboxylic acid groups (broad SMARTS) is 1. The molecule has 3 aromatic carbocycles. The quantitative estimate of drug-likeness (QED) is 0.738. The lowest BCUT2D eigenvalue weighted by Gasteiger charge is -2.15. The first-order chi connectivity index (χ1) is 11.2. The van der Waals surface area contributed by atoms with Crippen LogP contribution in [0.1, 0.15) is 5.56 Å². The lowest BCUT2D eigenvalue weighted by Crippen LogP contribution is -2.03. The fourth-order valence-corrected chi connectivity index (χ4v) is 2.46. The molecule has 0 aliphatic rings. The van der Waals surface area contributed by atoms with Gasteiger partial charge >= 0.3 is 5.97 Å². The van der Waals surface area contributed by atoms with Crippen molar-refractivity contribution < 1.29 is 14.6 Å². The Morgan fingerprint density at radius 2 is 1.48 bits per heavy atom. The maximum absolute atomic E-state index is 11.2. The second-order valence-electron chi connectivity index (χ2n) is 5.15. The predicted octanol–water partition coefficient (Wildman–Crippen LogP) is 4.77. The summed E-state index contributed by atoms with van der Waals surface area (Å²) < 4.78 is 6.03. The summed E-state index contributed by atoms with van der Waals surface area (Å²) in [5.41, 5.74) is 2.53. The lowest BCUT2D eigenvalue weighted by atomic mass is 10.00. The van der Waals surface area contributed by atoms with Gasteiger partial charge in [0.1, 0.15) is 11.5 Å². The predicted molar refractivity (Wildman–Crippen MR) is 89.7 cm³/mol. The van der Waals surface area contributed by atoms with E-state index in [1.165, 1.54) is 0 Å². The van der Waals surface area contributed by atoms with Gasteiger partial charge in [-0.2, -0.15) is 0 Å². The summed E-state index contributed by atoms with van der Waals surface area (Å²) in [6.07, 6.45) is -0.0805. The third-order valence-corrected chi connectivity index (χ3v) is 3.49. The first-order valence-corrected chi connectivity index (χ1v) is 7.36. The Hall–Kier alpha value is -3.07. The molecule has 3 aromatic rings. The van der Waals surface area contributed by atoms with E-state index in [-0.39, 0.29) is 6.42 Å². The van der Waals surface area contributed by atoms with E-state index >= 15 is 0 Å². The van der Waals surface area contributed by atoms with Crippen molar-refractivity contribution in [2.45, 2.75) is 6.42 Å². The number of carbonyl (C=O) groups is 1. The Kier molecular flexibility index (Phi) is 4.39. The van der Waals surface area contributed by atoms with Gasteiger partial charge < -0.3 is 9.84 Å². The molecule has 3 heteroatoms. The van der Waals surface area contributed by atoms with E-state index in [0.29, 0.717) is 17.1 Å². The number of hydrogen-bond acceptors (Lipinski definition) is 2. The fraction of sp³-hybridized carbons (Fsp3) is 0.0500. The van der Waals surface area contributed by atoms with Crippen LogP contribution in [-0.4, -0.2) is 11.1 Å². The van der Waals surface area contributed by atoms with E-state index in [1.54, 1.807) is 6.07 Å². The van der Waals surface area contributed by atoms with Gasteiger partial charge in [0, 0.05) is 11.1 Å². The van der Waals surface area contributed by atoms with E-state index in [0.717, 1.165) is 11.1 Å². The summed E-state index contributed by atoms with van der Waals surface area (Å²) >= 11 is 0. The van der Waals surface area contributed by atoms with Gasteiger partial charge in [0.2, 0.25) is 0 Å². The van der Waals surface area contributed by atoms with Gasteiger partial charge in [-0.25, -0.2) is 0 Å². The molecule has 0 saturated carbocycles. The van der Waals surface area contributed by atoms with Crippen molar-refractivity contribution in [3.8, 4) is 22.6 Å². The van der Waals surface area contributed by atoms with E-state index in [4.69, 9.17) is 9.84 Å². The Bertz CT molecular complexity index is 796. The monoisotopic (exact) mass is 304 g/mol. The van der Waals surface area contributed by atoms with Crippen LogP contribution in [0.2, 0.25) is 0 Å². The number of benzene rings is 3. The maximum Gasteiger partial charge on any atom is 0.307 e. The first kappa shape index (κ1) is 14.9. The van der Waals surface area contributed by atoms with Crippen molar-refractivity contribution in [3.05, 3.63) is 84.4 Å². The molecule has 0 spiro atoms. The molecular weight excluding hydrogens is 288 g/mol. The molecule has 23 heavy (non-hydrogen) atoms. The van der Waals surface area contributed by atoms with Crippen LogP contribution in [0.25, 0.3) is 11.1 Å². The lowest BCUT2D eigenvalue weighted by molar-refractivity contribution is -0.136. The van der Waals surface area contributed by atoms with Crippen molar-refractivity contribution >= 4 is 5.97 Å². The van der Waals surface area contributed by atoms with Crippen molar-refractivity contribution in [1.82, 2.24) is 0 Å². The van der Waals surface area contributed by atoms with Gasteiger partial charge in [-0.3, -0.25) is 4.79 Å². The van der Waals surface area contributed by atoms with Crippen LogP contribution in [0.5, 0.6) is 11.5 Å². The standard InChI is InChI=1S/C20H16O3/c21-19(22)14-16-10-7-13-18(15-8-3-1-4-9-15)20(16)23-17-11-5-2-6-12-17/h1-13H,14H2,(H,21,22). The first-order valence-electron chi connectivity index (χ1n) is 7.36. The Labute approximate surface area is 134 Å². The molecule has 0 aliphatic heterocycles. The molecule has 114 valence electrons. The zero-order chi connectivity index (χ0) is 16.1. The molecule has 0 radical (unpaired) electrons. The van der Waals surface area contributed by atoms with Gasteiger partial charge in [0.15, 0.2) is 0 Å². The molecular formula is C20H16O3. The second-order valence-corrected chi connectivity index (χ2v) is 5.15. The zero-order valence-electron chi connectivity index (χ0n) is 12.5. The molecule has 0 unspecified atom stereocenters. The summed E-state index contributed by atoms with van der Waals surface area (Å²) in [5.74, 6) is 0.392. The normalized spacial score (nSPS) is 10.3. The highest BCUT2D eigenvalue weighted by Crippen LogP contribution is 2.36. The number of carboxylic acids is 1. The van der Waals surface area contributed by atoms with Crippen molar-refractivity contribution in [3.63, 3.8) is 0 Å². The largest absolute Gasteiger partial charge is 0.481 e. The molecule has 0 amide bonds. The third-order valence-electron chi connectivity index (χ3n) is 3.49. The van der Waals surface area contributed by atoms with Crippen LogP contribution < -0.4 is 4.74 Å². The second kappa shape index (κ2) is 6.79. The molecule has 0 heterocycles. The van der Waals surface area contributed by atoms with Crippen molar-refractivity contribution in [2.75, 3.05) is 0 Å². The molecule has 0 saturated heterocycles. The van der Waals surface area contributed by atoms with Crippen LogP contribution >= 0.6 is 0 Å². The third kappa shape index (κ3) is 3.58. The molecule has 0 atom stereocenters. The average molecular weight is 304 g/mol. The Balaban J connectivity index is 2.10. The summed E-state index contributed by atoms with van der Waals surface area (Å²) in [4.78, 5) is 11.2. The molecule has 0 bridgehead atoms. The van der Waals surface area contributed by atoms with E-state index in [9.17, 15) is 4.79 Å². The Morgan fingerprint density at radius 1 is 0.826 bits per heavy atom. The SMILES string of the molecule is O=C(O)Cc1cccc(-c2ccccc2)c1Oc1ccccc1. The average Bonchev–Trinajstić information content (AvgIpc) is 2.58. The zero-order valence-corrected chi connectivity index (χ0v) is 12.5. The van der Waals surface area contributed by atoms with Gasteiger partial charge in [0.25, 0.3) is 0 Å². The minimum Gasteiger partial charge on any atom is -0.481 e. The molecule has 1 N–H and O–H groups in total. The van der Waals surface area contributed by atoms with Crippen LogP contribution in [0.15, 0.2) is 78.9 Å². The Morgan fingerprint density at radius 3 is 2.13 bits per heavy atom. The van der Waals surface area contributed by atoms with Crippen LogP contribution in [0.4, 0.5) is 0 Å². The van der Waals surface area contributed by atoms with E-state index < -0.39 is 5.97 Å². The van der Waals surface area contributed by atoms with E-state index in [2.05, 4.69) is 0 Å². The summed E-state index contributed by atoms with van der Waals surface area (Å²) in [5, 5.41) is 9.16. The van der Waals surface area contributed by atoms with Gasteiger partial charge in [-0.05, 0) is 17.7 Å². The van der Waals surface area contributed by atoms with Gasteiger partial charge in [0.05, 0.1) is 6.42 Å². The summed E-state index contributed by atoms with van der Waals surface area (Å²) in [7, 11) is 0. The molecule has 0 aliphatic carbocycles. The number of rotatable bonds is 5. The molecule has 0 aromatic heterocycles. The molecule has 0 fully saturated rings. The van der Waals surface area contributed by atoms with E-state index in [1.807, 2.05) is 72.8 Å². The van der Waals surface area contributed by atoms with Crippen molar-refractivity contribution in [1.29, 1.82) is 0 Å². The molecule has 3 nitrogen and oxygen atoms in total. The fourth-order valence-electron chi connectivity index (χ4n) is 2.46. The number of para-hydroxylation sites is 2. The minimum atomic E-state index is -0.881. The van der Waals surface area contributed by atoms with Crippen LogP contribution in [-0.2, 0) is 11.2 Å². The molecule has 3 rings (SSSR count). The topological polar surface area (TPSA) is 46.5 Å². The maximum atomic E-state index is 11.2. The minimum absolute atomic E-state index is 0.0805. The van der Waals surface area contributed by atoms with Crippen molar-refractivity contribution in [2.24, 2.45) is 0 Å². The highest BCUT2D eigenvalue weighted by molar-refractivity contribution is 5.77. The van der Waals surface area contributed by atoms with Gasteiger partial charge in [-0.15, -0.1) is 0 Å². The number of hydrogen-bond donors (Lipinski definition) is 1. The number of ether oxygens (including phenoxy) is 1. The smallest absolute Gasteiger partial charge is 0.307 e. The number of aliphatic carboxylic acids is 1. The summed E-state index contributed by atoms with van der Waals surface area (Å²) in [6, 6.07) is 24.8. The summed E-state index contributed by atoms with van der Waals surface area (Å²) in [6.45, 7) is 0. The highest BCUT2D eigenvalue weighted by Gasteiger charge is 2.14. The highest BCUT2D eigenvalue weighted by atomic mass is 16.5.